The Morgan fingerprint density at radius 3 is 2.80 bits per heavy atom. The van der Waals surface area contributed by atoms with E-state index in [2.05, 4.69) is 4.98 Å². The van der Waals surface area contributed by atoms with Gasteiger partial charge in [-0.3, -0.25) is 9.55 Å². The van der Waals surface area contributed by atoms with Crippen molar-refractivity contribution in [3.63, 3.8) is 0 Å². The summed E-state index contributed by atoms with van der Waals surface area (Å²) in [4.78, 5) is 14.0. The quantitative estimate of drug-likeness (QED) is 0.751. The number of H-pyrrole nitrogens is 1. The van der Waals surface area contributed by atoms with Crippen molar-refractivity contribution >= 4 is 12.2 Å². The van der Waals surface area contributed by atoms with E-state index in [1.54, 1.807) is 13.1 Å². The van der Waals surface area contributed by atoms with Gasteiger partial charge in [-0.2, -0.15) is 0 Å². The molecule has 78 valence electrons. The molecular formula is C10H10N2O2S. The topological polar surface area (TPSA) is 50.9 Å². The van der Waals surface area contributed by atoms with Gasteiger partial charge in [0.25, 0.3) is 0 Å². The summed E-state index contributed by atoms with van der Waals surface area (Å²) in [6, 6.07) is 5.37. The Balaban J connectivity index is 2.73. The molecule has 0 aliphatic heterocycles. The predicted molar refractivity (Wildman–Crippen MR) is 59.3 cm³/mol. The molecule has 0 spiro atoms. The third kappa shape index (κ3) is 1.78. The minimum Gasteiger partial charge on any atom is -0.460 e. The maximum Gasteiger partial charge on any atom is 0.326 e. The van der Waals surface area contributed by atoms with Crippen molar-refractivity contribution in [2.45, 2.75) is 6.92 Å². The molecule has 0 fully saturated rings. The minimum atomic E-state index is -0.244. The number of hydrogen-bond acceptors (Lipinski definition) is 3. The van der Waals surface area contributed by atoms with Crippen molar-refractivity contribution < 1.29 is 4.42 Å². The molecule has 4 nitrogen and oxygen atoms in total. The lowest BCUT2D eigenvalue weighted by atomic mass is 10.3. The van der Waals surface area contributed by atoms with Crippen LogP contribution in [0.2, 0.25) is 0 Å². The maximum atomic E-state index is 11.4. The number of hydrogen-bond donors (Lipinski definition) is 1. The average molecular weight is 222 g/mol. The smallest absolute Gasteiger partial charge is 0.326 e. The number of aryl methyl sites for hydroxylation is 1. The Bertz CT molecular complexity index is 606. The van der Waals surface area contributed by atoms with Gasteiger partial charge in [0, 0.05) is 13.1 Å². The van der Waals surface area contributed by atoms with Gasteiger partial charge in [-0.25, -0.2) is 4.79 Å². The van der Waals surface area contributed by atoms with Gasteiger partial charge in [0.15, 0.2) is 5.76 Å². The molecule has 2 aromatic heterocycles. The summed E-state index contributed by atoms with van der Waals surface area (Å²) in [6.45, 7) is 1.85. The first-order chi connectivity index (χ1) is 7.08. The van der Waals surface area contributed by atoms with Crippen LogP contribution < -0.4 is 5.69 Å². The first kappa shape index (κ1) is 9.92. The van der Waals surface area contributed by atoms with E-state index in [4.69, 9.17) is 16.6 Å². The number of nitrogens with zero attached hydrogens (tertiary/aromatic N) is 1. The van der Waals surface area contributed by atoms with E-state index < -0.39 is 0 Å². The molecule has 0 aliphatic carbocycles. The molecule has 15 heavy (non-hydrogen) atoms. The molecule has 2 heterocycles. The summed E-state index contributed by atoms with van der Waals surface area (Å²) in [5.74, 6) is 1.45. The minimum absolute atomic E-state index is 0.244. The largest absolute Gasteiger partial charge is 0.460 e. The fraction of sp³-hybridized carbons (Fsp3) is 0.200. The highest BCUT2D eigenvalue weighted by Gasteiger charge is 2.07. The van der Waals surface area contributed by atoms with E-state index in [-0.39, 0.29) is 5.69 Å². The molecule has 0 unspecified atom stereocenters. The zero-order chi connectivity index (χ0) is 11.0. The zero-order valence-corrected chi connectivity index (χ0v) is 9.22. The van der Waals surface area contributed by atoms with Crippen molar-refractivity contribution in [2.24, 2.45) is 7.05 Å². The average Bonchev–Trinajstić information content (AvgIpc) is 2.58. The van der Waals surface area contributed by atoms with Crippen LogP contribution in [-0.2, 0) is 7.05 Å². The molecule has 0 aromatic carbocycles. The first-order valence-corrected chi connectivity index (χ1v) is 4.86. The predicted octanol–water partition coefficient (Wildman–Crippen LogP) is 2.01. The van der Waals surface area contributed by atoms with Crippen LogP contribution in [0.1, 0.15) is 5.76 Å². The molecule has 0 amide bonds. The van der Waals surface area contributed by atoms with Crippen LogP contribution >= 0.6 is 12.2 Å². The standard InChI is InChI=1S/C10H10N2O2S/c1-6-3-4-8(14-6)7-5-9(15)11-10(13)12(7)2/h3-5H,1-2H3,(H,11,13,15). The number of aromatic nitrogens is 2. The van der Waals surface area contributed by atoms with Crippen LogP contribution in [0.3, 0.4) is 0 Å². The highest BCUT2D eigenvalue weighted by atomic mass is 32.1. The number of rotatable bonds is 1. The molecular weight excluding hydrogens is 212 g/mol. The summed E-state index contributed by atoms with van der Waals surface area (Å²) < 4.78 is 7.31. The van der Waals surface area contributed by atoms with Crippen LogP contribution in [0.5, 0.6) is 0 Å². The molecule has 2 aromatic rings. The highest BCUT2D eigenvalue weighted by molar-refractivity contribution is 7.71. The van der Waals surface area contributed by atoms with Gasteiger partial charge in [-0.1, -0.05) is 12.2 Å². The summed E-state index contributed by atoms with van der Waals surface area (Å²) in [6.07, 6.45) is 0. The highest BCUT2D eigenvalue weighted by Crippen LogP contribution is 2.19. The van der Waals surface area contributed by atoms with Crippen LogP contribution in [0.15, 0.2) is 27.4 Å². The van der Waals surface area contributed by atoms with Crippen molar-refractivity contribution in [2.75, 3.05) is 0 Å². The van der Waals surface area contributed by atoms with Crippen LogP contribution in [0.4, 0.5) is 0 Å². The number of aromatic amines is 1. The second-order valence-corrected chi connectivity index (χ2v) is 3.73. The Labute approximate surface area is 91.2 Å². The van der Waals surface area contributed by atoms with Gasteiger partial charge in [0.2, 0.25) is 0 Å². The molecule has 0 atom stereocenters. The lowest BCUT2D eigenvalue weighted by Gasteiger charge is -2.03. The SMILES string of the molecule is Cc1ccc(-c2cc(=S)[nH]c(=O)n2C)o1. The Morgan fingerprint density at radius 1 is 1.47 bits per heavy atom. The maximum absolute atomic E-state index is 11.4. The van der Waals surface area contributed by atoms with Gasteiger partial charge >= 0.3 is 5.69 Å². The molecule has 0 saturated carbocycles. The lowest BCUT2D eigenvalue weighted by Crippen LogP contribution is -2.21. The zero-order valence-electron chi connectivity index (χ0n) is 8.40. The third-order valence-electron chi connectivity index (χ3n) is 2.16. The molecule has 2 rings (SSSR count). The van der Waals surface area contributed by atoms with Gasteiger partial charge in [-0.15, -0.1) is 0 Å². The summed E-state index contributed by atoms with van der Waals surface area (Å²) in [5.41, 5.74) is 0.434. The lowest BCUT2D eigenvalue weighted by molar-refractivity contribution is 0.541. The van der Waals surface area contributed by atoms with Gasteiger partial charge in [0.1, 0.15) is 10.4 Å². The summed E-state index contributed by atoms with van der Waals surface area (Å²) >= 11 is 4.94. The molecule has 5 heteroatoms. The van der Waals surface area contributed by atoms with Gasteiger partial charge in [0.05, 0.1) is 5.69 Å². The Morgan fingerprint density at radius 2 is 2.20 bits per heavy atom. The van der Waals surface area contributed by atoms with Crippen LogP contribution in [0, 0.1) is 11.6 Å². The van der Waals surface area contributed by atoms with Crippen molar-refractivity contribution in [1.82, 2.24) is 9.55 Å². The number of nitrogens with one attached hydrogen (secondary N) is 1. The van der Waals surface area contributed by atoms with Crippen molar-refractivity contribution in [3.05, 3.63) is 39.1 Å². The normalized spacial score (nSPS) is 10.5. The molecule has 0 aliphatic rings. The van der Waals surface area contributed by atoms with Crippen LogP contribution in [-0.4, -0.2) is 9.55 Å². The first-order valence-electron chi connectivity index (χ1n) is 4.45. The van der Waals surface area contributed by atoms with E-state index in [1.807, 2.05) is 19.1 Å². The second-order valence-electron chi connectivity index (χ2n) is 3.29. The molecule has 0 saturated heterocycles. The van der Waals surface area contributed by atoms with Gasteiger partial charge in [-0.05, 0) is 19.1 Å². The fourth-order valence-electron chi connectivity index (χ4n) is 1.36. The summed E-state index contributed by atoms with van der Waals surface area (Å²) in [7, 11) is 1.67. The monoisotopic (exact) mass is 222 g/mol. The molecule has 1 N–H and O–H groups in total. The van der Waals surface area contributed by atoms with E-state index in [9.17, 15) is 4.79 Å². The Hall–Kier alpha value is -1.62. The van der Waals surface area contributed by atoms with Crippen molar-refractivity contribution in [3.8, 4) is 11.5 Å². The van der Waals surface area contributed by atoms with Crippen molar-refractivity contribution in [1.29, 1.82) is 0 Å². The molecule has 0 bridgehead atoms. The third-order valence-corrected chi connectivity index (χ3v) is 2.38. The summed E-state index contributed by atoms with van der Waals surface area (Å²) in [5, 5.41) is 0. The van der Waals surface area contributed by atoms with Crippen LogP contribution in [0.25, 0.3) is 11.5 Å². The molecule has 0 radical (unpaired) electrons. The second kappa shape index (κ2) is 3.51. The van der Waals surface area contributed by atoms with E-state index in [1.165, 1.54) is 4.57 Å². The number of furan rings is 1. The Kier molecular flexibility index (Phi) is 2.32. The van der Waals surface area contributed by atoms with E-state index in [0.29, 0.717) is 16.1 Å². The van der Waals surface area contributed by atoms with E-state index in [0.717, 1.165) is 5.76 Å². The fourth-order valence-corrected chi connectivity index (χ4v) is 1.56. The van der Waals surface area contributed by atoms with Gasteiger partial charge < -0.3 is 4.42 Å². The van der Waals surface area contributed by atoms with E-state index >= 15 is 0 Å².